The van der Waals surface area contributed by atoms with Crippen molar-refractivity contribution in [3.05, 3.63) is 42.2 Å². The number of benzene rings is 1. The van der Waals surface area contributed by atoms with E-state index in [4.69, 9.17) is 4.74 Å². The number of aryl methyl sites for hydroxylation is 1. The molecule has 24 heavy (non-hydrogen) atoms. The summed E-state index contributed by atoms with van der Waals surface area (Å²) in [6.45, 7) is 5.63. The van der Waals surface area contributed by atoms with Crippen LogP contribution in [0.25, 0.3) is 0 Å². The molecular weight excluding hydrogens is 304 g/mol. The largest absolute Gasteiger partial charge is 0.497 e. The van der Waals surface area contributed by atoms with Crippen LogP contribution < -0.4 is 9.64 Å². The Balaban J connectivity index is 1.58. The Bertz CT molecular complexity index is 681. The molecule has 3 rings (SSSR count). The van der Waals surface area contributed by atoms with Gasteiger partial charge in [0, 0.05) is 38.1 Å². The second-order valence-corrected chi connectivity index (χ2v) is 6.13. The van der Waals surface area contributed by atoms with Crippen LogP contribution in [0.1, 0.15) is 12.0 Å². The lowest BCUT2D eigenvalue weighted by Gasteiger charge is -2.24. The highest BCUT2D eigenvalue weighted by molar-refractivity contribution is 5.76. The molecule has 2 aromatic rings. The molecule has 0 aliphatic carbocycles. The first-order chi connectivity index (χ1) is 11.7. The standard InChI is InChI=1S/C18H24N4O2/c1-15-12-19-22(13-15)14-18(23)21-9-3-8-20(10-11-21)16-4-6-17(24-2)7-5-16/h4-7,12-13H,3,8-11,14H2,1-2H3. The van der Waals surface area contributed by atoms with Crippen LogP contribution in [-0.2, 0) is 11.3 Å². The van der Waals surface area contributed by atoms with E-state index in [2.05, 4.69) is 22.1 Å². The van der Waals surface area contributed by atoms with Crippen LogP contribution in [-0.4, -0.2) is 53.9 Å². The van der Waals surface area contributed by atoms with Crippen LogP contribution in [0.2, 0.25) is 0 Å². The first kappa shape index (κ1) is 16.4. The minimum absolute atomic E-state index is 0.134. The maximum atomic E-state index is 12.5. The smallest absolute Gasteiger partial charge is 0.244 e. The molecule has 0 unspecified atom stereocenters. The number of anilines is 1. The number of hydrogen-bond acceptors (Lipinski definition) is 4. The second kappa shape index (κ2) is 7.38. The van der Waals surface area contributed by atoms with Gasteiger partial charge in [0.2, 0.25) is 5.91 Å². The third kappa shape index (κ3) is 3.88. The second-order valence-electron chi connectivity index (χ2n) is 6.13. The maximum absolute atomic E-state index is 12.5. The van der Waals surface area contributed by atoms with E-state index >= 15 is 0 Å². The lowest BCUT2D eigenvalue weighted by molar-refractivity contribution is -0.131. The van der Waals surface area contributed by atoms with Gasteiger partial charge in [-0.15, -0.1) is 0 Å². The molecule has 0 saturated carbocycles. The fourth-order valence-corrected chi connectivity index (χ4v) is 3.01. The number of aromatic nitrogens is 2. The molecule has 6 heteroatoms. The van der Waals surface area contributed by atoms with Crippen LogP contribution in [0, 0.1) is 6.92 Å². The van der Waals surface area contributed by atoms with E-state index in [9.17, 15) is 4.79 Å². The molecule has 0 bridgehead atoms. The monoisotopic (exact) mass is 328 g/mol. The predicted octanol–water partition coefficient (Wildman–Crippen LogP) is 1.94. The zero-order valence-electron chi connectivity index (χ0n) is 14.3. The van der Waals surface area contributed by atoms with Crippen molar-refractivity contribution in [3.8, 4) is 5.75 Å². The average molecular weight is 328 g/mol. The van der Waals surface area contributed by atoms with Gasteiger partial charge in [0.05, 0.1) is 13.3 Å². The Hall–Kier alpha value is -2.50. The molecule has 1 aliphatic heterocycles. The highest BCUT2D eigenvalue weighted by Crippen LogP contribution is 2.20. The van der Waals surface area contributed by atoms with Gasteiger partial charge in [-0.3, -0.25) is 9.48 Å². The quantitative estimate of drug-likeness (QED) is 0.861. The van der Waals surface area contributed by atoms with Gasteiger partial charge in [0.1, 0.15) is 12.3 Å². The van der Waals surface area contributed by atoms with Crippen molar-refractivity contribution in [2.75, 3.05) is 38.2 Å². The van der Waals surface area contributed by atoms with Gasteiger partial charge < -0.3 is 14.5 Å². The van der Waals surface area contributed by atoms with Crippen molar-refractivity contribution in [2.45, 2.75) is 19.9 Å². The van der Waals surface area contributed by atoms with Gasteiger partial charge in [0.15, 0.2) is 0 Å². The zero-order chi connectivity index (χ0) is 16.9. The van der Waals surface area contributed by atoms with Crippen LogP contribution in [0.4, 0.5) is 5.69 Å². The number of hydrogen-bond donors (Lipinski definition) is 0. The highest BCUT2D eigenvalue weighted by Gasteiger charge is 2.19. The minimum Gasteiger partial charge on any atom is -0.497 e. The highest BCUT2D eigenvalue weighted by atomic mass is 16.5. The number of methoxy groups -OCH3 is 1. The van der Waals surface area contributed by atoms with Crippen LogP contribution >= 0.6 is 0 Å². The third-order valence-electron chi connectivity index (χ3n) is 4.35. The summed E-state index contributed by atoms with van der Waals surface area (Å²) in [6.07, 6.45) is 4.65. The zero-order valence-corrected chi connectivity index (χ0v) is 14.3. The predicted molar refractivity (Wildman–Crippen MR) is 93.4 cm³/mol. The van der Waals surface area contributed by atoms with Crippen molar-refractivity contribution in [1.82, 2.24) is 14.7 Å². The van der Waals surface area contributed by atoms with Gasteiger partial charge in [0.25, 0.3) is 0 Å². The summed E-state index contributed by atoms with van der Waals surface area (Å²) in [6, 6.07) is 8.10. The Labute approximate surface area is 142 Å². The fourth-order valence-electron chi connectivity index (χ4n) is 3.01. The molecular formula is C18H24N4O2. The average Bonchev–Trinajstić information content (AvgIpc) is 2.86. The molecule has 0 N–H and O–H groups in total. The molecule has 6 nitrogen and oxygen atoms in total. The van der Waals surface area contributed by atoms with E-state index in [1.165, 1.54) is 5.69 Å². The Morgan fingerprint density at radius 3 is 2.62 bits per heavy atom. The molecule has 128 valence electrons. The Morgan fingerprint density at radius 1 is 1.17 bits per heavy atom. The maximum Gasteiger partial charge on any atom is 0.244 e. The van der Waals surface area contributed by atoms with Crippen LogP contribution in [0.5, 0.6) is 5.75 Å². The first-order valence-electron chi connectivity index (χ1n) is 8.31. The number of nitrogens with zero attached hydrogens (tertiary/aromatic N) is 4. The van der Waals surface area contributed by atoms with Crippen molar-refractivity contribution in [1.29, 1.82) is 0 Å². The SMILES string of the molecule is COc1ccc(N2CCCN(C(=O)Cn3cc(C)cn3)CC2)cc1. The molecule has 1 aromatic carbocycles. The van der Waals surface area contributed by atoms with Gasteiger partial charge >= 0.3 is 0 Å². The molecule has 1 fully saturated rings. The topological polar surface area (TPSA) is 50.6 Å². The van der Waals surface area contributed by atoms with Gasteiger partial charge in [-0.25, -0.2) is 0 Å². The summed E-state index contributed by atoms with van der Waals surface area (Å²) < 4.78 is 6.92. The van der Waals surface area contributed by atoms with E-state index in [1.807, 2.05) is 30.2 Å². The van der Waals surface area contributed by atoms with E-state index in [1.54, 1.807) is 18.0 Å². The summed E-state index contributed by atoms with van der Waals surface area (Å²) in [7, 11) is 1.67. The Kier molecular flexibility index (Phi) is 5.03. The summed E-state index contributed by atoms with van der Waals surface area (Å²) in [5, 5.41) is 4.20. The number of rotatable bonds is 4. The number of amides is 1. The fraction of sp³-hybridized carbons (Fsp3) is 0.444. The minimum atomic E-state index is 0.134. The summed E-state index contributed by atoms with van der Waals surface area (Å²) in [4.78, 5) is 16.8. The number of carbonyl (C=O) groups excluding carboxylic acids is 1. The lowest BCUT2D eigenvalue weighted by Crippen LogP contribution is -2.37. The van der Waals surface area contributed by atoms with E-state index in [0.29, 0.717) is 6.54 Å². The molecule has 0 spiro atoms. The Morgan fingerprint density at radius 2 is 1.96 bits per heavy atom. The summed E-state index contributed by atoms with van der Waals surface area (Å²) in [5.74, 6) is 0.995. The van der Waals surface area contributed by atoms with Crippen molar-refractivity contribution < 1.29 is 9.53 Å². The summed E-state index contributed by atoms with van der Waals surface area (Å²) >= 11 is 0. The van der Waals surface area contributed by atoms with Crippen LogP contribution in [0.3, 0.4) is 0 Å². The summed E-state index contributed by atoms with van der Waals surface area (Å²) in [5.41, 5.74) is 2.25. The molecule has 0 radical (unpaired) electrons. The van der Waals surface area contributed by atoms with E-state index in [-0.39, 0.29) is 5.91 Å². The number of carbonyl (C=O) groups is 1. The van der Waals surface area contributed by atoms with Crippen molar-refractivity contribution in [2.24, 2.45) is 0 Å². The molecule has 1 aliphatic rings. The van der Waals surface area contributed by atoms with E-state index in [0.717, 1.165) is 43.9 Å². The van der Waals surface area contributed by atoms with Gasteiger partial charge in [-0.1, -0.05) is 0 Å². The van der Waals surface area contributed by atoms with Crippen molar-refractivity contribution >= 4 is 11.6 Å². The van der Waals surface area contributed by atoms with Crippen molar-refractivity contribution in [3.63, 3.8) is 0 Å². The molecule has 2 heterocycles. The van der Waals surface area contributed by atoms with Gasteiger partial charge in [-0.2, -0.15) is 5.10 Å². The normalized spacial score (nSPS) is 15.2. The van der Waals surface area contributed by atoms with Crippen LogP contribution in [0.15, 0.2) is 36.7 Å². The molecule has 1 saturated heterocycles. The first-order valence-corrected chi connectivity index (χ1v) is 8.31. The lowest BCUT2D eigenvalue weighted by atomic mass is 10.2. The van der Waals surface area contributed by atoms with E-state index < -0.39 is 0 Å². The number of ether oxygens (including phenoxy) is 1. The third-order valence-corrected chi connectivity index (χ3v) is 4.35. The molecule has 1 amide bonds. The van der Waals surface area contributed by atoms with Gasteiger partial charge in [-0.05, 0) is 43.2 Å². The molecule has 1 aromatic heterocycles. The molecule has 0 atom stereocenters.